The SMILES string of the molecule is CCNC(C)(C)c1cc(-c2ccc(F)c(C)c2)nc(C(O)(CCC(=O)c2ccc(OC3CC3)c(OC)c2)C(F)(F)F)c1. The van der Waals surface area contributed by atoms with Crippen molar-refractivity contribution >= 4 is 5.78 Å². The maximum absolute atomic E-state index is 14.7. The number of ketones is 1. The van der Waals surface area contributed by atoms with Gasteiger partial charge in [0.05, 0.1) is 24.6 Å². The van der Waals surface area contributed by atoms with Crippen LogP contribution in [0.25, 0.3) is 11.3 Å². The van der Waals surface area contributed by atoms with Crippen molar-refractivity contribution in [3.8, 4) is 22.8 Å². The number of benzene rings is 2. The Morgan fingerprint density at radius 2 is 1.79 bits per heavy atom. The number of hydrogen-bond donors (Lipinski definition) is 2. The second-order valence-corrected chi connectivity index (χ2v) is 11.2. The molecule has 1 aliphatic rings. The maximum Gasteiger partial charge on any atom is 0.422 e. The summed E-state index contributed by atoms with van der Waals surface area (Å²) in [6, 6.07) is 11.4. The van der Waals surface area contributed by atoms with E-state index < -0.39 is 47.5 Å². The zero-order chi connectivity index (χ0) is 30.9. The van der Waals surface area contributed by atoms with Crippen molar-refractivity contribution in [3.63, 3.8) is 0 Å². The van der Waals surface area contributed by atoms with E-state index in [1.807, 2.05) is 6.92 Å². The molecule has 0 aliphatic heterocycles. The van der Waals surface area contributed by atoms with E-state index in [1.54, 1.807) is 32.9 Å². The Bertz CT molecular complexity index is 1450. The molecule has 1 atom stereocenters. The van der Waals surface area contributed by atoms with E-state index in [2.05, 4.69) is 10.3 Å². The highest BCUT2D eigenvalue weighted by Crippen LogP contribution is 2.44. The van der Waals surface area contributed by atoms with Gasteiger partial charge in [0.25, 0.3) is 0 Å². The molecule has 0 saturated heterocycles. The molecule has 226 valence electrons. The number of Topliss-reactive ketones (excluding diaryl/α,β-unsaturated/α-hetero) is 1. The number of nitrogens with zero attached hydrogens (tertiary/aromatic N) is 1. The van der Waals surface area contributed by atoms with Gasteiger partial charge in [-0.1, -0.05) is 6.92 Å². The molecular weight excluding hydrogens is 552 g/mol. The molecule has 1 fully saturated rings. The zero-order valence-corrected chi connectivity index (χ0v) is 24.4. The molecular formula is C32H36F4N2O4. The van der Waals surface area contributed by atoms with Crippen molar-refractivity contribution in [2.45, 2.75) is 76.8 Å². The number of carbonyl (C=O) groups excluding carboxylic acids is 1. The minimum Gasteiger partial charge on any atom is -0.493 e. The van der Waals surface area contributed by atoms with E-state index in [0.29, 0.717) is 34.7 Å². The van der Waals surface area contributed by atoms with Crippen LogP contribution in [0.4, 0.5) is 17.6 Å². The number of hydrogen-bond acceptors (Lipinski definition) is 6. The van der Waals surface area contributed by atoms with Crippen LogP contribution in [0, 0.1) is 12.7 Å². The predicted molar refractivity (Wildman–Crippen MR) is 151 cm³/mol. The molecule has 3 aromatic rings. The fraction of sp³-hybridized carbons (Fsp3) is 0.438. The summed E-state index contributed by atoms with van der Waals surface area (Å²) in [4.78, 5) is 17.3. The molecule has 0 amide bonds. The second kappa shape index (κ2) is 12.0. The molecule has 1 saturated carbocycles. The number of pyridine rings is 1. The Morgan fingerprint density at radius 1 is 1.07 bits per heavy atom. The monoisotopic (exact) mass is 588 g/mol. The molecule has 42 heavy (non-hydrogen) atoms. The van der Waals surface area contributed by atoms with Gasteiger partial charge in [-0.3, -0.25) is 4.79 Å². The third kappa shape index (κ3) is 6.76. The molecule has 6 nitrogen and oxygen atoms in total. The number of ether oxygens (including phenoxy) is 2. The molecule has 2 aromatic carbocycles. The first-order valence-electron chi connectivity index (χ1n) is 13.9. The van der Waals surface area contributed by atoms with Gasteiger partial charge in [-0.2, -0.15) is 13.2 Å². The third-order valence-electron chi connectivity index (χ3n) is 7.53. The van der Waals surface area contributed by atoms with E-state index in [9.17, 15) is 27.5 Å². The topological polar surface area (TPSA) is 80.7 Å². The van der Waals surface area contributed by atoms with Crippen LogP contribution in [0.1, 0.15) is 73.6 Å². The summed E-state index contributed by atoms with van der Waals surface area (Å²) in [5, 5.41) is 14.5. The molecule has 1 heterocycles. The average Bonchev–Trinajstić information content (AvgIpc) is 3.76. The van der Waals surface area contributed by atoms with Crippen molar-refractivity contribution in [2.75, 3.05) is 13.7 Å². The fourth-order valence-electron chi connectivity index (χ4n) is 4.76. The summed E-state index contributed by atoms with van der Waals surface area (Å²) in [6.45, 7) is 7.54. The van der Waals surface area contributed by atoms with E-state index in [-0.39, 0.29) is 17.4 Å². The first-order chi connectivity index (χ1) is 19.7. The Morgan fingerprint density at radius 3 is 2.38 bits per heavy atom. The number of nitrogens with one attached hydrogen (secondary N) is 1. The largest absolute Gasteiger partial charge is 0.493 e. The number of methoxy groups -OCH3 is 1. The number of aromatic nitrogens is 1. The number of aliphatic hydroxyl groups is 1. The third-order valence-corrected chi connectivity index (χ3v) is 7.53. The van der Waals surface area contributed by atoms with Crippen molar-refractivity contribution in [3.05, 3.63) is 76.7 Å². The van der Waals surface area contributed by atoms with Crippen molar-refractivity contribution in [2.24, 2.45) is 0 Å². The van der Waals surface area contributed by atoms with Crippen LogP contribution in [0.2, 0.25) is 0 Å². The van der Waals surface area contributed by atoms with E-state index in [1.165, 1.54) is 43.5 Å². The van der Waals surface area contributed by atoms with Crippen LogP contribution in [-0.2, 0) is 11.1 Å². The summed E-state index contributed by atoms with van der Waals surface area (Å²) in [7, 11) is 1.42. The van der Waals surface area contributed by atoms with Gasteiger partial charge in [-0.15, -0.1) is 0 Å². The molecule has 1 unspecified atom stereocenters. The van der Waals surface area contributed by atoms with Gasteiger partial charge in [0, 0.05) is 23.1 Å². The van der Waals surface area contributed by atoms with Gasteiger partial charge in [0.2, 0.25) is 5.60 Å². The lowest BCUT2D eigenvalue weighted by molar-refractivity contribution is -0.270. The Balaban J connectivity index is 1.72. The number of rotatable bonds is 12. The first-order valence-corrected chi connectivity index (χ1v) is 13.9. The van der Waals surface area contributed by atoms with Gasteiger partial charge in [0.15, 0.2) is 17.3 Å². The van der Waals surface area contributed by atoms with Crippen LogP contribution in [0.15, 0.2) is 48.5 Å². The molecule has 1 aromatic heterocycles. The number of halogens is 4. The summed E-state index contributed by atoms with van der Waals surface area (Å²) < 4.78 is 69.1. The van der Waals surface area contributed by atoms with Crippen LogP contribution in [0.5, 0.6) is 11.5 Å². The van der Waals surface area contributed by atoms with Crippen molar-refractivity contribution < 1.29 is 36.9 Å². The van der Waals surface area contributed by atoms with Crippen molar-refractivity contribution in [1.82, 2.24) is 10.3 Å². The molecule has 2 N–H and O–H groups in total. The van der Waals surface area contributed by atoms with Gasteiger partial charge in [0.1, 0.15) is 5.82 Å². The van der Waals surface area contributed by atoms with Gasteiger partial charge in [-0.05, 0) is 106 Å². The Hall–Kier alpha value is -3.50. The first kappa shape index (κ1) is 31.4. The summed E-state index contributed by atoms with van der Waals surface area (Å²) in [6.07, 6.45) is -4.80. The number of alkyl halides is 3. The summed E-state index contributed by atoms with van der Waals surface area (Å²) in [5.41, 5.74) is -3.47. The lowest BCUT2D eigenvalue weighted by Gasteiger charge is -2.33. The van der Waals surface area contributed by atoms with E-state index in [0.717, 1.165) is 12.8 Å². The van der Waals surface area contributed by atoms with Gasteiger partial charge < -0.3 is 19.9 Å². The number of carbonyl (C=O) groups is 1. The molecule has 4 rings (SSSR count). The van der Waals surface area contributed by atoms with Crippen LogP contribution in [0.3, 0.4) is 0 Å². The normalized spacial score (nSPS) is 15.3. The van der Waals surface area contributed by atoms with Crippen molar-refractivity contribution in [1.29, 1.82) is 0 Å². The maximum atomic E-state index is 14.7. The lowest BCUT2D eigenvalue weighted by Crippen LogP contribution is -2.44. The minimum absolute atomic E-state index is 0.0896. The summed E-state index contributed by atoms with van der Waals surface area (Å²) >= 11 is 0. The highest BCUT2D eigenvalue weighted by atomic mass is 19.4. The molecule has 0 spiro atoms. The van der Waals surface area contributed by atoms with Crippen LogP contribution in [-0.4, -0.2) is 41.8 Å². The standard InChI is InChI=1S/C32H36F4N2O4/c1-6-37-30(3,4)22-17-25(20-7-11-24(33)19(2)15-20)38-29(18-22)31(40,32(34,35)36)14-13-26(39)21-8-12-27(28(16-21)41-5)42-23-9-10-23/h7-8,11-12,15-18,23,37,40H,6,9-10,13-14H2,1-5H3. The zero-order valence-electron chi connectivity index (χ0n) is 24.4. The Labute approximate surface area is 243 Å². The van der Waals surface area contributed by atoms with Gasteiger partial charge in [-0.25, -0.2) is 9.37 Å². The lowest BCUT2D eigenvalue weighted by atomic mass is 9.86. The summed E-state index contributed by atoms with van der Waals surface area (Å²) in [5.74, 6) is -0.307. The highest BCUT2D eigenvalue weighted by molar-refractivity contribution is 5.96. The van der Waals surface area contributed by atoms with E-state index >= 15 is 0 Å². The number of aryl methyl sites for hydroxylation is 1. The smallest absolute Gasteiger partial charge is 0.422 e. The predicted octanol–water partition coefficient (Wildman–Crippen LogP) is 7.00. The second-order valence-electron chi connectivity index (χ2n) is 11.2. The molecule has 1 aliphatic carbocycles. The highest BCUT2D eigenvalue weighted by Gasteiger charge is 2.56. The average molecular weight is 589 g/mol. The quantitative estimate of drug-likeness (QED) is 0.175. The van der Waals surface area contributed by atoms with Gasteiger partial charge >= 0.3 is 6.18 Å². The van der Waals surface area contributed by atoms with E-state index in [4.69, 9.17) is 9.47 Å². The fourth-order valence-corrected chi connectivity index (χ4v) is 4.76. The molecule has 10 heteroatoms. The minimum atomic E-state index is -5.16. The Kier molecular flexibility index (Phi) is 8.99. The van der Waals surface area contributed by atoms with Crippen LogP contribution >= 0.6 is 0 Å². The molecule has 0 radical (unpaired) electrons. The van der Waals surface area contributed by atoms with Crippen LogP contribution < -0.4 is 14.8 Å². The molecule has 0 bridgehead atoms.